The standard InChI is InChI=1S/C16H17N5O3/c1-10(2)21-15-12(8-18-21)7-13(11(3)19-15)16(22)24-9-14-17-5-4-6-20(14)23/h4-8,10H,9H2,1-3H3. The van der Waals surface area contributed by atoms with Crippen molar-refractivity contribution >= 4 is 17.0 Å². The van der Waals surface area contributed by atoms with E-state index in [2.05, 4.69) is 15.1 Å². The van der Waals surface area contributed by atoms with E-state index in [-0.39, 0.29) is 18.5 Å². The fourth-order valence-corrected chi connectivity index (χ4v) is 2.35. The Morgan fingerprint density at radius 2 is 2.25 bits per heavy atom. The molecule has 0 atom stereocenters. The minimum Gasteiger partial charge on any atom is -0.711 e. The van der Waals surface area contributed by atoms with Crippen LogP contribution in [0.3, 0.4) is 0 Å². The topological polar surface area (TPSA) is 96.8 Å². The molecule has 0 saturated carbocycles. The molecule has 0 spiro atoms. The van der Waals surface area contributed by atoms with Crippen molar-refractivity contribution in [2.45, 2.75) is 33.4 Å². The first-order chi connectivity index (χ1) is 11.5. The Bertz CT molecular complexity index is 904. The third-order valence-corrected chi connectivity index (χ3v) is 3.59. The number of pyridine rings is 1. The lowest BCUT2D eigenvalue weighted by molar-refractivity contribution is -0.620. The van der Waals surface area contributed by atoms with Crippen molar-refractivity contribution < 1.29 is 14.3 Å². The smallest absolute Gasteiger partial charge is 0.340 e. The average Bonchev–Trinajstić information content (AvgIpc) is 2.96. The Morgan fingerprint density at radius 3 is 2.96 bits per heavy atom. The predicted molar refractivity (Wildman–Crippen MR) is 85.0 cm³/mol. The zero-order valence-corrected chi connectivity index (χ0v) is 13.6. The predicted octanol–water partition coefficient (Wildman–Crippen LogP) is 1.71. The minimum atomic E-state index is -0.551. The molecule has 0 fully saturated rings. The molecule has 0 aliphatic carbocycles. The highest BCUT2D eigenvalue weighted by molar-refractivity contribution is 5.94. The summed E-state index contributed by atoms with van der Waals surface area (Å²) in [5, 5.41) is 16.6. The molecule has 0 aliphatic rings. The molecule has 0 N–H and O–H groups in total. The molecule has 124 valence electrons. The molecule has 3 rings (SSSR count). The van der Waals surface area contributed by atoms with Gasteiger partial charge in [0, 0.05) is 17.5 Å². The van der Waals surface area contributed by atoms with Crippen molar-refractivity contribution in [1.82, 2.24) is 19.7 Å². The van der Waals surface area contributed by atoms with Crippen LogP contribution in [-0.2, 0) is 11.3 Å². The molecule has 3 aromatic rings. The lowest BCUT2D eigenvalue weighted by Gasteiger charge is -2.09. The number of fused-ring (bicyclic) bond motifs is 1. The Kier molecular flexibility index (Phi) is 4.11. The van der Waals surface area contributed by atoms with Gasteiger partial charge in [-0.25, -0.2) is 19.2 Å². The number of hydrogen-bond acceptors (Lipinski definition) is 6. The maximum absolute atomic E-state index is 12.3. The van der Waals surface area contributed by atoms with Crippen LogP contribution < -0.4 is 4.73 Å². The van der Waals surface area contributed by atoms with Crippen LogP contribution in [0.15, 0.2) is 30.7 Å². The Balaban J connectivity index is 1.85. The Morgan fingerprint density at radius 1 is 1.46 bits per heavy atom. The third-order valence-electron chi connectivity index (χ3n) is 3.59. The molecule has 0 bridgehead atoms. The van der Waals surface area contributed by atoms with Gasteiger partial charge in [0.15, 0.2) is 12.3 Å². The molecule has 8 nitrogen and oxygen atoms in total. The summed E-state index contributed by atoms with van der Waals surface area (Å²) in [5.41, 5.74) is 1.62. The van der Waals surface area contributed by atoms with Crippen molar-refractivity contribution in [3.05, 3.63) is 53.0 Å². The number of aryl methyl sites for hydroxylation is 1. The Labute approximate surface area is 138 Å². The molecule has 24 heavy (non-hydrogen) atoms. The van der Waals surface area contributed by atoms with Gasteiger partial charge in [-0.1, -0.05) is 0 Å². The summed E-state index contributed by atoms with van der Waals surface area (Å²) >= 11 is 0. The Hall–Kier alpha value is -3.03. The monoisotopic (exact) mass is 327 g/mol. The van der Waals surface area contributed by atoms with Gasteiger partial charge in [-0.05, 0) is 31.8 Å². The third kappa shape index (κ3) is 2.90. The lowest BCUT2D eigenvalue weighted by Crippen LogP contribution is -2.33. The second-order valence-electron chi connectivity index (χ2n) is 5.65. The highest BCUT2D eigenvalue weighted by atomic mass is 16.5. The van der Waals surface area contributed by atoms with Gasteiger partial charge >= 0.3 is 11.8 Å². The van der Waals surface area contributed by atoms with Crippen LogP contribution in [0, 0.1) is 12.1 Å². The minimum absolute atomic E-state index is 0.116. The van der Waals surface area contributed by atoms with E-state index < -0.39 is 5.97 Å². The normalized spacial score (nSPS) is 11.2. The van der Waals surface area contributed by atoms with E-state index in [1.807, 2.05) is 13.8 Å². The molecule has 0 radical (unpaired) electrons. The van der Waals surface area contributed by atoms with Crippen molar-refractivity contribution in [3.63, 3.8) is 0 Å². The first-order valence-corrected chi connectivity index (χ1v) is 7.52. The number of hydrogen-bond donors (Lipinski definition) is 0. The molecule has 0 aromatic carbocycles. The largest absolute Gasteiger partial charge is 0.711 e. The zero-order valence-electron chi connectivity index (χ0n) is 13.6. The number of ether oxygens (including phenoxy) is 1. The highest BCUT2D eigenvalue weighted by Gasteiger charge is 2.18. The van der Waals surface area contributed by atoms with Gasteiger partial charge in [-0.2, -0.15) is 5.10 Å². The summed E-state index contributed by atoms with van der Waals surface area (Å²) in [6.07, 6.45) is 4.44. The van der Waals surface area contributed by atoms with E-state index in [0.29, 0.717) is 16.0 Å². The molecule has 8 heteroatoms. The SMILES string of the molecule is Cc1nc2c(cnn2C(C)C)cc1C(=O)OCc1nccc[n+]1[O-]. The van der Waals surface area contributed by atoms with Crippen LogP contribution in [-0.4, -0.2) is 25.7 Å². The van der Waals surface area contributed by atoms with Crippen molar-refractivity contribution in [1.29, 1.82) is 0 Å². The van der Waals surface area contributed by atoms with Crippen LogP contribution in [0.5, 0.6) is 0 Å². The second kappa shape index (κ2) is 6.23. The number of carbonyl (C=O) groups is 1. The van der Waals surface area contributed by atoms with Crippen molar-refractivity contribution in [2.75, 3.05) is 0 Å². The van der Waals surface area contributed by atoms with E-state index in [9.17, 15) is 10.0 Å². The quantitative estimate of drug-likeness (QED) is 0.411. The molecular weight excluding hydrogens is 310 g/mol. The van der Waals surface area contributed by atoms with Gasteiger partial charge in [0.1, 0.15) is 6.20 Å². The molecule has 0 aliphatic heterocycles. The number of rotatable bonds is 4. The van der Waals surface area contributed by atoms with E-state index in [4.69, 9.17) is 4.74 Å². The zero-order chi connectivity index (χ0) is 17.3. The highest BCUT2D eigenvalue weighted by Crippen LogP contribution is 2.20. The molecular formula is C16H17N5O3. The summed E-state index contributed by atoms with van der Waals surface area (Å²) < 4.78 is 7.55. The van der Waals surface area contributed by atoms with E-state index >= 15 is 0 Å². The first-order valence-electron chi connectivity index (χ1n) is 7.52. The van der Waals surface area contributed by atoms with Gasteiger partial charge in [-0.3, -0.25) is 0 Å². The van der Waals surface area contributed by atoms with E-state index in [1.54, 1.807) is 23.9 Å². The van der Waals surface area contributed by atoms with Crippen LogP contribution in [0.2, 0.25) is 0 Å². The second-order valence-corrected chi connectivity index (χ2v) is 5.65. The summed E-state index contributed by atoms with van der Waals surface area (Å²) in [6, 6.07) is 3.38. The maximum atomic E-state index is 12.3. The van der Waals surface area contributed by atoms with Gasteiger partial charge in [-0.15, -0.1) is 0 Å². The average molecular weight is 327 g/mol. The van der Waals surface area contributed by atoms with Gasteiger partial charge in [0.2, 0.25) is 0 Å². The van der Waals surface area contributed by atoms with Crippen molar-refractivity contribution in [2.24, 2.45) is 0 Å². The lowest BCUT2D eigenvalue weighted by atomic mass is 10.2. The number of carbonyl (C=O) groups excluding carboxylic acids is 1. The van der Waals surface area contributed by atoms with Crippen LogP contribution >= 0.6 is 0 Å². The number of esters is 1. The van der Waals surface area contributed by atoms with Gasteiger partial charge in [0.25, 0.3) is 0 Å². The van der Waals surface area contributed by atoms with Gasteiger partial charge in [0.05, 0.1) is 23.7 Å². The summed E-state index contributed by atoms with van der Waals surface area (Å²) in [7, 11) is 0. The molecule has 3 heterocycles. The van der Waals surface area contributed by atoms with Crippen LogP contribution in [0.4, 0.5) is 0 Å². The molecule has 0 saturated heterocycles. The van der Waals surface area contributed by atoms with Crippen LogP contribution in [0.1, 0.15) is 41.8 Å². The summed E-state index contributed by atoms with van der Waals surface area (Å²) in [4.78, 5) is 20.7. The van der Waals surface area contributed by atoms with Crippen molar-refractivity contribution in [3.8, 4) is 0 Å². The van der Waals surface area contributed by atoms with Crippen LogP contribution in [0.25, 0.3) is 11.0 Å². The number of nitrogens with zero attached hydrogens (tertiary/aromatic N) is 5. The van der Waals surface area contributed by atoms with E-state index in [1.165, 1.54) is 18.5 Å². The maximum Gasteiger partial charge on any atom is 0.340 e. The first kappa shape index (κ1) is 15.9. The van der Waals surface area contributed by atoms with E-state index in [0.717, 1.165) is 11.0 Å². The number of aromatic nitrogens is 5. The molecule has 0 amide bonds. The summed E-state index contributed by atoms with van der Waals surface area (Å²) in [6.45, 7) is 5.56. The molecule has 0 unspecified atom stereocenters. The molecule has 3 aromatic heterocycles. The fraction of sp³-hybridized carbons (Fsp3) is 0.312. The van der Waals surface area contributed by atoms with Gasteiger partial charge < -0.3 is 9.94 Å². The summed E-state index contributed by atoms with van der Waals surface area (Å²) in [5.74, 6) is -0.435. The fourth-order valence-electron chi connectivity index (χ4n) is 2.35.